The van der Waals surface area contributed by atoms with Gasteiger partial charge in [-0.25, -0.2) is 0 Å². The minimum atomic E-state index is -0.662. The highest BCUT2D eigenvalue weighted by atomic mass is 35.5. The van der Waals surface area contributed by atoms with E-state index in [2.05, 4.69) is 5.32 Å². The smallest absolute Gasteiger partial charge is 0.244 e. The number of carbonyl (C=O) groups excluding carboxylic acids is 1. The zero-order chi connectivity index (χ0) is 13.5. The largest absolute Gasteiger partial charge is 0.394 e. The van der Waals surface area contributed by atoms with Crippen LogP contribution in [0.5, 0.6) is 0 Å². The van der Waals surface area contributed by atoms with Gasteiger partial charge in [0.1, 0.15) is 0 Å². The Morgan fingerprint density at radius 3 is 2.28 bits per heavy atom. The first-order valence-corrected chi connectivity index (χ1v) is 5.97. The van der Waals surface area contributed by atoms with Gasteiger partial charge in [-0.15, -0.1) is 0 Å². The third kappa shape index (κ3) is 5.06. The monoisotopic (exact) mass is 289 g/mol. The molecule has 0 spiro atoms. The second-order valence-corrected chi connectivity index (χ2v) is 4.48. The fourth-order valence-electron chi connectivity index (χ4n) is 1.24. The Bertz CT molecular complexity index is 425. The number of hydrogen-bond donors (Lipinski definition) is 3. The molecule has 0 aliphatic carbocycles. The van der Waals surface area contributed by atoms with E-state index in [-0.39, 0.29) is 13.2 Å². The van der Waals surface area contributed by atoms with Gasteiger partial charge in [-0.3, -0.25) is 4.79 Å². The average molecular weight is 290 g/mol. The van der Waals surface area contributed by atoms with Gasteiger partial charge in [0.2, 0.25) is 5.91 Å². The molecule has 1 rings (SSSR count). The van der Waals surface area contributed by atoms with Gasteiger partial charge in [0.05, 0.1) is 19.3 Å². The van der Waals surface area contributed by atoms with Crippen molar-refractivity contribution in [2.24, 2.45) is 0 Å². The minimum absolute atomic E-state index is 0.320. The van der Waals surface area contributed by atoms with Crippen molar-refractivity contribution in [3.63, 3.8) is 0 Å². The fraction of sp³-hybridized carbons (Fsp3) is 0.250. The molecule has 0 atom stereocenters. The summed E-state index contributed by atoms with van der Waals surface area (Å²) in [5.41, 5.74) is 0.687. The van der Waals surface area contributed by atoms with E-state index in [9.17, 15) is 4.79 Å². The molecule has 0 bridgehead atoms. The van der Waals surface area contributed by atoms with Gasteiger partial charge >= 0.3 is 0 Å². The topological polar surface area (TPSA) is 69.6 Å². The number of hydrogen-bond acceptors (Lipinski definition) is 3. The molecule has 0 fully saturated rings. The molecule has 0 saturated heterocycles. The molecule has 1 aromatic rings. The summed E-state index contributed by atoms with van der Waals surface area (Å²) in [6.45, 7) is -0.641. The summed E-state index contributed by atoms with van der Waals surface area (Å²) in [6.07, 6.45) is 2.82. The molecule has 6 heteroatoms. The van der Waals surface area contributed by atoms with Crippen molar-refractivity contribution in [2.45, 2.75) is 6.04 Å². The normalized spacial score (nSPS) is 11.2. The van der Waals surface area contributed by atoms with Crippen molar-refractivity contribution in [1.29, 1.82) is 0 Å². The van der Waals surface area contributed by atoms with Crippen LogP contribution in [0.3, 0.4) is 0 Å². The summed E-state index contributed by atoms with van der Waals surface area (Å²) in [5.74, 6) is -0.417. The van der Waals surface area contributed by atoms with Crippen molar-refractivity contribution in [2.75, 3.05) is 13.2 Å². The summed E-state index contributed by atoms with van der Waals surface area (Å²) < 4.78 is 0. The maximum absolute atomic E-state index is 11.4. The van der Waals surface area contributed by atoms with E-state index in [0.717, 1.165) is 0 Å². The van der Waals surface area contributed by atoms with E-state index in [1.54, 1.807) is 24.3 Å². The molecular weight excluding hydrogens is 277 g/mol. The summed E-state index contributed by atoms with van der Waals surface area (Å²) in [7, 11) is 0. The fourth-order valence-corrected chi connectivity index (χ4v) is 1.78. The lowest BCUT2D eigenvalue weighted by atomic mass is 10.2. The molecular formula is C12H13Cl2NO3. The number of rotatable bonds is 5. The van der Waals surface area contributed by atoms with Crippen LogP contribution in [0.4, 0.5) is 0 Å². The molecule has 3 N–H and O–H groups in total. The average Bonchev–Trinajstić information content (AvgIpc) is 2.32. The maximum atomic E-state index is 11.4. The van der Waals surface area contributed by atoms with Crippen LogP contribution in [-0.4, -0.2) is 35.4 Å². The van der Waals surface area contributed by atoms with Crippen molar-refractivity contribution >= 4 is 35.2 Å². The molecule has 0 aliphatic heterocycles. The Morgan fingerprint density at radius 2 is 1.78 bits per heavy atom. The van der Waals surface area contributed by atoms with E-state index < -0.39 is 11.9 Å². The van der Waals surface area contributed by atoms with Crippen molar-refractivity contribution < 1.29 is 15.0 Å². The van der Waals surface area contributed by atoms with Crippen LogP contribution in [0.2, 0.25) is 10.0 Å². The van der Waals surface area contributed by atoms with Crippen LogP contribution >= 0.6 is 23.2 Å². The standard InChI is InChI=1S/C12H13Cl2NO3/c13-9-3-8(4-10(14)5-9)1-2-12(18)15-11(6-16)7-17/h1-5,11,16-17H,6-7H2,(H,15,18). The third-order valence-corrected chi connectivity index (χ3v) is 2.54. The van der Waals surface area contributed by atoms with Crippen LogP contribution in [0.1, 0.15) is 5.56 Å². The molecule has 18 heavy (non-hydrogen) atoms. The van der Waals surface area contributed by atoms with E-state index in [1.807, 2.05) is 0 Å². The highest BCUT2D eigenvalue weighted by Gasteiger charge is 2.07. The van der Waals surface area contributed by atoms with Crippen LogP contribution in [0.25, 0.3) is 6.08 Å². The first-order chi connectivity index (χ1) is 8.55. The lowest BCUT2D eigenvalue weighted by molar-refractivity contribution is -0.117. The number of benzene rings is 1. The van der Waals surface area contributed by atoms with Crippen molar-refractivity contribution in [1.82, 2.24) is 5.32 Å². The number of carbonyl (C=O) groups is 1. The minimum Gasteiger partial charge on any atom is -0.394 e. The zero-order valence-electron chi connectivity index (χ0n) is 9.44. The predicted molar refractivity (Wildman–Crippen MR) is 71.6 cm³/mol. The Hall–Kier alpha value is -1.07. The molecule has 1 amide bonds. The van der Waals surface area contributed by atoms with Gasteiger partial charge < -0.3 is 15.5 Å². The van der Waals surface area contributed by atoms with Gasteiger partial charge in [0, 0.05) is 16.1 Å². The summed E-state index contributed by atoms with van der Waals surface area (Å²) in [6, 6.07) is 4.25. The molecule has 0 aromatic heterocycles. The Labute approximate surface area is 115 Å². The second-order valence-electron chi connectivity index (χ2n) is 3.61. The molecule has 1 aromatic carbocycles. The Kier molecular flexibility index (Phi) is 6.15. The highest BCUT2D eigenvalue weighted by molar-refractivity contribution is 6.34. The number of aliphatic hydroxyl groups excluding tert-OH is 2. The highest BCUT2D eigenvalue weighted by Crippen LogP contribution is 2.19. The molecule has 98 valence electrons. The molecule has 0 saturated carbocycles. The lowest BCUT2D eigenvalue weighted by Gasteiger charge is -2.10. The van der Waals surface area contributed by atoms with E-state index >= 15 is 0 Å². The summed E-state index contributed by atoms with van der Waals surface area (Å²) in [4.78, 5) is 11.4. The van der Waals surface area contributed by atoms with Crippen LogP contribution < -0.4 is 5.32 Å². The number of nitrogens with one attached hydrogen (secondary N) is 1. The Morgan fingerprint density at radius 1 is 1.22 bits per heavy atom. The summed E-state index contributed by atoms with van der Waals surface area (Å²) in [5, 5.41) is 21.0. The van der Waals surface area contributed by atoms with Crippen LogP contribution in [-0.2, 0) is 4.79 Å². The van der Waals surface area contributed by atoms with E-state index in [0.29, 0.717) is 15.6 Å². The van der Waals surface area contributed by atoms with Crippen LogP contribution in [0.15, 0.2) is 24.3 Å². The van der Waals surface area contributed by atoms with Gasteiger partial charge in [-0.05, 0) is 29.8 Å². The lowest BCUT2D eigenvalue weighted by Crippen LogP contribution is -2.39. The van der Waals surface area contributed by atoms with Gasteiger partial charge in [0.25, 0.3) is 0 Å². The zero-order valence-corrected chi connectivity index (χ0v) is 10.9. The molecule has 0 heterocycles. The number of amides is 1. The van der Waals surface area contributed by atoms with E-state index in [4.69, 9.17) is 33.4 Å². The van der Waals surface area contributed by atoms with Gasteiger partial charge in [-0.2, -0.15) is 0 Å². The van der Waals surface area contributed by atoms with Crippen molar-refractivity contribution in [3.05, 3.63) is 39.9 Å². The van der Waals surface area contributed by atoms with E-state index in [1.165, 1.54) is 6.08 Å². The molecule has 4 nitrogen and oxygen atoms in total. The van der Waals surface area contributed by atoms with Gasteiger partial charge in [-0.1, -0.05) is 23.2 Å². The molecule has 0 aliphatic rings. The molecule has 0 unspecified atom stereocenters. The first-order valence-electron chi connectivity index (χ1n) is 5.21. The quantitative estimate of drug-likeness (QED) is 0.719. The van der Waals surface area contributed by atoms with Crippen LogP contribution in [0, 0.1) is 0 Å². The van der Waals surface area contributed by atoms with Crippen molar-refractivity contribution in [3.8, 4) is 0 Å². The Balaban J connectivity index is 2.65. The number of halogens is 2. The third-order valence-electron chi connectivity index (χ3n) is 2.10. The second kappa shape index (κ2) is 7.38. The SMILES string of the molecule is O=C(C=Cc1cc(Cl)cc(Cl)c1)NC(CO)CO. The first kappa shape index (κ1) is 15.0. The number of aliphatic hydroxyl groups is 2. The predicted octanol–water partition coefficient (Wildman–Crippen LogP) is 1.48. The molecule has 0 radical (unpaired) electrons. The van der Waals surface area contributed by atoms with Gasteiger partial charge in [0.15, 0.2) is 0 Å². The summed E-state index contributed by atoms with van der Waals surface area (Å²) >= 11 is 11.6. The maximum Gasteiger partial charge on any atom is 0.244 e.